The average Bonchev–Trinajstić information content (AvgIpc) is 3.24. The van der Waals surface area contributed by atoms with Crippen LogP contribution < -0.4 is 10.1 Å². The molecule has 168 valence electrons. The second-order valence-corrected chi connectivity index (χ2v) is 7.97. The van der Waals surface area contributed by atoms with E-state index in [2.05, 4.69) is 15.0 Å². The van der Waals surface area contributed by atoms with Gasteiger partial charge in [-0.15, -0.1) is 0 Å². The maximum atomic E-state index is 12.5. The van der Waals surface area contributed by atoms with Gasteiger partial charge >= 0.3 is 12.1 Å². The number of esters is 1. The fraction of sp³-hybridized carbons (Fsp3) is 0.292. The molecule has 1 N–H and O–H groups in total. The van der Waals surface area contributed by atoms with Gasteiger partial charge in [0, 0.05) is 0 Å². The summed E-state index contributed by atoms with van der Waals surface area (Å²) < 4.78 is 21.1. The number of amides is 1. The Kier molecular flexibility index (Phi) is 7.14. The summed E-state index contributed by atoms with van der Waals surface area (Å²) in [6, 6.07) is 16.4. The van der Waals surface area contributed by atoms with E-state index in [4.69, 9.17) is 13.9 Å². The molecule has 0 saturated heterocycles. The number of oxazole rings is 1. The second-order valence-electron chi connectivity index (χ2n) is 7.97. The van der Waals surface area contributed by atoms with E-state index >= 15 is 0 Å². The van der Waals surface area contributed by atoms with Gasteiger partial charge in [-0.1, -0.05) is 42.5 Å². The maximum Gasteiger partial charge on any atom is 0.408 e. The van der Waals surface area contributed by atoms with Crippen LogP contribution in [0.5, 0.6) is 5.75 Å². The van der Waals surface area contributed by atoms with Crippen molar-refractivity contribution in [2.45, 2.75) is 39.0 Å². The molecule has 3 rings (SSSR count). The standard InChI is InChI=1S/C24H26N2O6/c1-24(2,3)32-23(28)26-21(16-9-6-5-7-10-16)17-11-8-12-18(13-17)30-15-20-25-19(14-31-20)22(27)29-4/h5-14,21H,15H2,1-4H3,(H,26,28). The lowest BCUT2D eigenvalue weighted by molar-refractivity contribution is 0.0511. The molecular formula is C24H26N2O6. The third-order valence-electron chi connectivity index (χ3n) is 4.29. The van der Waals surface area contributed by atoms with Gasteiger partial charge in [0.05, 0.1) is 13.2 Å². The Morgan fingerprint density at radius 2 is 1.78 bits per heavy atom. The summed E-state index contributed by atoms with van der Waals surface area (Å²) in [7, 11) is 1.27. The zero-order chi connectivity index (χ0) is 23.1. The zero-order valence-corrected chi connectivity index (χ0v) is 18.5. The number of nitrogens with one attached hydrogen (secondary N) is 1. The normalized spacial score (nSPS) is 12.0. The molecule has 1 atom stereocenters. The van der Waals surface area contributed by atoms with Crippen LogP contribution in [0, 0.1) is 0 Å². The molecule has 0 bridgehead atoms. The summed E-state index contributed by atoms with van der Waals surface area (Å²) in [6.45, 7) is 5.46. The second kappa shape index (κ2) is 10.00. The van der Waals surface area contributed by atoms with Crippen LogP contribution in [0.3, 0.4) is 0 Å². The molecule has 0 saturated carbocycles. The first kappa shape index (κ1) is 22.9. The Hall–Kier alpha value is -3.81. The third kappa shape index (κ3) is 6.34. The van der Waals surface area contributed by atoms with Gasteiger partial charge in [0.25, 0.3) is 0 Å². The number of rotatable bonds is 7. The Labute approximate surface area is 186 Å². The minimum atomic E-state index is -0.616. The molecule has 1 amide bonds. The molecule has 8 nitrogen and oxygen atoms in total. The minimum Gasteiger partial charge on any atom is -0.484 e. The van der Waals surface area contributed by atoms with Crippen molar-refractivity contribution >= 4 is 12.1 Å². The number of hydrogen-bond acceptors (Lipinski definition) is 7. The van der Waals surface area contributed by atoms with Crippen LogP contribution in [-0.4, -0.2) is 29.8 Å². The quantitative estimate of drug-likeness (QED) is 0.536. The van der Waals surface area contributed by atoms with E-state index in [1.807, 2.05) is 69.3 Å². The highest BCUT2D eigenvalue weighted by molar-refractivity contribution is 5.86. The number of nitrogens with zero attached hydrogens (tertiary/aromatic N) is 1. The van der Waals surface area contributed by atoms with Crippen molar-refractivity contribution in [1.29, 1.82) is 0 Å². The van der Waals surface area contributed by atoms with Crippen LogP contribution in [0.2, 0.25) is 0 Å². The van der Waals surface area contributed by atoms with Crippen LogP contribution in [0.1, 0.15) is 54.3 Å². The van der Waals surface area contributed by atoms with Crippen LogP contribution in [0.25, 0.3) is 0 Å². The Balaban J connectivity index is 1.77. The largest absolute Gasteiger partial charge is 0.484 e. The lowest BCUT2D eigenvalue weighted by Crippen LogP contribution is -2.35. The van der Waals surface area contributed by atoms with Gasteiger partial charge < -0.3 is 23.9 Å². The van der Waals surface area contributed by atoms with E-state index in [0.29, 0.717) is 5.75 Å². The highest BCUT2D eigenvalue weighted by Crippen LogP contribution is 2.26. The predicted octanol–water partition coefficient (Wildman–Crippen LogP) is 4.65. The predicted molar refractivity (Wildman–Crippen MR) is 116 cm³/mol. The van der Waals surface area contributed by atoms with Gasteiger partial charge in [0.1, 0.15) is 17.6 Å². The summed E-state index contributed by atoms with van der Waals surface area (Å²) in [5.74, 6) is 0.204. The summed E-state index contributed by atoms with van der Waals surface area (Å²) >= 11 is 0. The van der Waals surface area contributed by atoms with Crippen LogP contribution >= 0.6 is 0 Å². The van der Waals surface area contributed by atoms with Crippen LogP contribution in [0.15, 0.2) is 65.3 Å². The zero-order valence-electron chi connectivity index (χ0n) is 18.5. The number of hydrogen-bond donors (Lipinski definition) is 1. The molecule has 3 aromatic rings. The van der Waals surface area contributed by atoms with Crippen LogP contribution in [-0.2, 0) is 16.1 Å². The molecule has 32 heavy (non-hydrogen) atoms. The summed E-state index contributed by atoms with van der Waals surface area (Å²) in [6.07, 6.45) is 0.699. The molecule has 0 aliphatic rings. The first-order valence-electron chi connectivity index (χ1n) is 10.0. The molecule has 1 aromatic heterocycles. The van der Waals surface area contributed by atoms with Crippen molar-refractivity contribution in [2.24, 2.45) is 0 Å². The van der Waals surface area contributed by atoms with Crippen LogP contribution in [0.4, 0.5) is 4.79 Å². The molecule has 1 unspecified atom stereocenters. The smallest absolute Gasteiger partial charge is 0.408 e. The van der Waals surface area contributed by atoms with Crippen molar-refractivity contribution in [3.63, 3.8) is 0 Å². The number of benzene rings is 2. The fourth-order valence-corrected chi connectivity index (χ4v) is 2.93. The average molecular weight is 438 g/mol. The molecule has 1 heterocycles. The van der Waals surface area contributed by atoms with Crippen molar-refractivity contribution < 1.29 is 28.2 Å². The Morgan fingerprint density at radius 1 is 1.06 bits per heavy atom. The number of aromatic nitrogens is 1. The maximum absolute atomic E-state index is 12.5. The third-order valence-corrected chi connectivity index (χ3v) is 4.29. The molecule has 0 fully saturated rings. The monoisotopic (exact) mass is 438 g/mol. The summed E-state index contributed by atoms with van der Waals surface area (Å²) in [4.78, 5) is 28.0. The first-order chi connectivity index (χ1) is 15.2. The molecule has 0 spiro atoms. The van der Waals surface area contributed by atoms with Gasteiger partial charge in [-0.2, -0.15) is 0 Å². The first-order valence-corrected chi connectivity index (χ1v) is 10.0. The Morgan fingerprint density at radius 3 is 2.47 bits per heavy atom. The van der Waals surface area contributed by atoms with Gasteiger partial charge in [-0.3, -0.25) is 0 Å². The van der Waals surface area contributed by atoms with E-state index in [1.165, 1.54) is 13.4 Å². The van der Waals surface area contributed by atoms with Crippen molar-refractivity contribution in [3.05, 3.63) is 83.6 Å². The molecule has 0 aliphatic heterocycles. The number of methoxy groups -OCH3 is 1. The minimum absolute atomic E-state index is 0.0238. The highest BCUT2D eigenvalue weighted by atomic mass is 16.6. The fourth-order valence-electron chi connectivity index (χ4n) is 2.93. The lowest BCUT2D eigenvalue weighted by Gasteiger charge is -2.24. The molecule has 0 aliphatic carbocycles. The molecule has 0 radical (unpaired) electrons. The van der Waals surface area contributed by atoms with E-state index in [9.17, 15) is 9.59 Å². The molecule has 8 heteroatoms. The SMILES string of the molecule is COC(=O)c1coc(COc2cccc(C(NC(=O)OC(C)(C)C)c3ccccc3)c2)n1. The summed E-state index contributed by atoms with van der Waals surface area (Å²) in [5, 5.41) is 2.93. The number of alkyl carbamates (subject to hydrolysis) is 1. The number of carbonyl (C=O) groups excluding carboxylic acids is 2. The molecule has 2 aromatic carbocycles. The van der Waals surface area contributed by atoms with Crippen molar-refractivity contribution in [1.82, 2.24) is 10.3 Å². The number of ether oxygens (including phenoxy) is 3. The Bertz CT molecular complexity index is 1060. The van der Waals surface area contributed by atoms with E-state index in [0.717, 1.165) is 11.1 Å². The van der Waals surface area contributed by atoms with Gasteiger partial charge in [0.2, 0.25) is 5.89 Å². The van der Waals surface area contributed by atoms with Crippen molar-refractivity contribution in [3.8, 4) is 5.75 Å². The lowest BCUT2D eigenvalue weighted by atomic mass is 9.98. The van der Waals surface area contributed by atoms with E-state index < -0.39 is 23.7 Å². The van der Waals surface area contributed by atoms with Gasteiger partial charge in [-0.05, 0) is 44.0 Å². The molecular weight excluding hydrogens is 412 g/mol. The van der Waals surface area contributed by atoms with E-state index in [-0.39, 0.29) is 18.2 Å². The number of carbonyl (C=O) groups is 2. The topological polar surface area (TPSA) is 99.9 Å². The van der Waals surface area contributed by atoms with Gasteiger partial charge in [0.15, 0.2) is 12.3 Å². The van der Waals surface area contributed by atoms with Crippen molar-refractivity contribution in [2.75, 3.05) is 7.11 Å². The highest BCUT2D eigenvalue weighted by Gasteiger charge is 2.22. The summed E-state index contributed by atoms with van der Waals surface area (Å²) in [5.41, 5.74) is 1.16. The van der Waals surface area contributed by atoms with Gasteiger partial charge in [-0.25, -0.2) is 14.6 Å². The van der Waals surface area contributed by atoms with E-state index in [1.54, 1.807) is 6.07 Å².